The minimum absolute atomic E-state index is 0. The highest BCUT2D eigenvalue weighted by Gasteiger charge is 2.22. The summed E-state index contributed by atoms with van der Waals surface area (Å²) in [5.74, 6) is 1.83. The van der Waals surface area contributed by atoms with Crippen LogP contribution >= 0.6 is 35.5 Å². The fourth-order valence-corrected chi connectivity index (χ4v) is 4.07. The van der Waals surface area contributed by atoms with Gasteiger partial charge in [-0.2, -0.15) is 4.37 Å². The van der Waals surface area contributed by atoms with Crippen molar-refractivity contribution >= 4 is 52.6 Å². The van der Waals surface area contributed by atoms with Gasteiger partial charge in [0.15, 0.2) is 5.96 Å². The number of ether oxygens (including phenoxy) is 2. The smallest absolute Gasteiger partial charge is 0.341 e. The Hall–Kier alpha value is -2.15. The molecule has 3 rings (SSSR count). The molecule has 170 valence electrons. The molecule has 31 heavy (non-hydrogen) atoms. The number of hydrogen-bond acceptors (Lipinski definition) is 8. The highest BCUT2D eigenvalue weighted by molar-refractivity contribution is 14.0. The van der Waals surface area contributed by atoms with Crippen molar-refractivity contribution in [3.63, 3.8) is 0 Å². The monoisotopic (exact) mass is 560 g/mol. The Morgan fingerprint density at radius 3 is 2.58 bits per heavy atom. The van der Waals surface area contributed by atoms with E-state index in [1.165, 1.54) is 18.6 Å². The maximum Gasteiger partial charge on any atom is 0.341 e. The molecule has 2 aromatic rings. The lowest BCUT2D eigenvalue weighted by Crippen LogP contribution is -2.52. The molecule has 1 saturated heterocycles. The molecule has 0 radical (unpaired) electrons. The number of aromatic nitrogens is 2. The van der Waals surface area contributed by atoms with Crippen molar-refractivity contribution in [3.8, 4) is 5.75 Å². The minimum Gasteiger partial charge on any atom is -0.496 e. The van der Waals surface area contributed by atoms with Crippen molar-refractivity contribution in [1.29, 1.82) is 0 Å². The van der Waals surface area contributed by atoms with Gasteiger partial charge < -0.3 is 24.6 Å². The van der Waals surface area contributed by atoms with Crippen molar-refractivity contribution < 1.29 is 14.3 Å². The lowest BCUT2D eigenvalue weighted by atomic mass is 10.1. The molecule has 0 unspecified atom stereocenters. The van der Waals surface area contributed by atoms with Crippen LogP contribution in [0.2, 0.25) is 0 Å². The zero-order valence-electron chi connectivity index (χ0n) is 18.3. The number of piperazine rings is 1. The molecule has 2 heterocycles. The number of carbonyl (C=O) groups is 1. The fourth-order valence-electron chi connectivity index (χ4n) is 3.26. The third-order valence-corrected chi connectivity index (χ3v) is 5.77. The normalized spacial score (nSPS) is 14.1. The van der Waals surface area contributed by atoms with Crippen LogP contribution in [0.15, 0.2) is 23.2 Å². The van der Waals surface area contributed by atoms with Crippen molar-refractivity contribution in [3.05, 3.63) is 35.2 Å². The number of methoxy groups -OCH3 is 2. The van der Waals surface area contributed by atoms with Gasteiger partial charge in [-0.1, -0.05) is 13.0 Å². The second kappa shape index (κ2) is 12.0. The lowest BCUT2D eigenvalue weighted by Gasteiger charge is -2.36. The molecule has 1 aromatic heterocycles. The number of anilines is 1. The summed E-state index contributed by atoms with van der Waals surface area (Å²) in [6.07, 6.45) is 0.860. The maximum atomic E-state index is 11.8. The molecule has 0 amide bonds. The minimum atomic E-state index is -0.415. The summed E-state index contributed by atoms with van der Waals surface area (Å²) in [6, 6.07) is 5.44. The highest BCUT2D eigenvalue weighted by Crippen LogP contribution is 2.22. The van der Waals surface area contributed by atoms with Gasteiger partial charge in [0.2, 0.25) is 5.13 Å². The molecular formula is C20H29IN6O3S. The summed E-state index contributed by atoms with van der Waals surface area (Å²) in [6.45, 7) is 6.09. The van der Waals surface area contributed by atoms with Crippen LogP contribution in [0.4, 0.5) is 5.13 Å². The molecule has 11 heteroatoms. The predicted octanol–water partition coefficient (Wildman–Crippen LogP) is 2.41. The summed E-state index contributed by atoms with van der Waals surface area (Å²) < 4.78 is 14.5. The molecule has 1 aromatic carbocycles. The van der Waals surface area contributed by atoms with Crippen LogP contribution in [-0.4, -0.2) is 73.6 Å². The quantitative estimate of drug-likeness (QED) is 0.250. The first-order valence-electron chi connectivity index (χ1n) is 9.88. The van der Waals surface area contributed by atoms with Gasteiger partial charge in [0.1, 0.15) is 17.1 Å². The van der Waals surface area contributed by atoms with E-state index in [0.717, 1.165) is 55.1 Å². The Morgan fingerprint density at radius 2 is 2.00 bits per heavy atom. The average Bonchev–Trinajstić information content (AvgIpc) is 3.28. The number of nitrogens with one attached hydrogen (secondary N) is 1. The first kappa shape index (κ1) is 25.1. The highest BCUT2D eigenvalue weighted by atomic mass is 127. The second-order valence-corrected chi connectivity index (χ2v) is 7.48. The lowest BCUT2D eigenvalue weighted by molar-refractivity contribution is 0.0597. The Bertz CT molecular complexity index is 899. The van der Waals surface area contributed by atoms with Gasteiger partial charge in [0.25, 0.3) is 0 Å². The summed E-state index contributed by atoms with van der Waals surface area (Å²) in [4.78, 5) is 25.3. The summed E-state index contributed by atoms with van der Waals surface area (Å²) in [5, 5.41) is 4.39. The van der Waals surface area contributed by atoms with Gasteiger partial charge in [-0.25, -0.2) is 9.78 Å². The molecular weight excluding hydrogens is 531 g/mol. The van der Waals surface area contributed by atoms with E-state index in [0.29, 0.717) is 17.9 Å². The number of rotatable bonds is 6. The maximum absolute atomic E-state index is 11.8. The Morgan fingerprint density at radius 1 is 1.26 bits per heavy atom. The standard InChI is InChI=1S/C20H28N6O3S.HI/c1-5-17-23-20(30-24-17)26-10-8-25(9-11-26)19(21-2)22-13-14-6-7-15(18(27)29-4)16(12-14)28-3;/h6-7,12H,5,8-11,13H2,1-4H3,(H,21,22);1H. The Balaban J connectivity index is 0.00000341. The number of hydrogen-bond donors (Lipinski definition) is 1. The van der Waals surface area contributed by atoms with E-state index in [1.54, 1.807) is 20.2 Å². The zero-order chi connectivity index (χ0) is 21.5. The molecule has 0 aliphatic carbocycles. The van der Waals surface area contributed by atoms with E-state index < -0.39 is 5.97 Å². The van der Waals surface area contributed by atoms with E-state index >= 15 is 0 Å². The number of halogens is 1. The first-order chi connectivity index (χ1) is 14.6. The Kier molecular flexibility index (Phi) is 9.75. The van der Waals surface area contributed by atoms with E-state index in [9.17, 15) is 4.79 Å². The van der Waals surface area contributed by atoms with Crippen LogP contribution in [0.25, 0.3) is 0 Å². The second-order valence-electron chi connectivity index (χ2n) is 6.75. The molecule has 0 atom stereocenters. The van der Waals surface area contributed by atoms with Crippen molar-refractivity contribution in [1.82, 2.24) is 19.6 Å². The number of esters is 1. The van der Waals surface area contributed by atoms with Gasteiger partial charge in [0, 0.05) is 57.7 Å². The van der Waals surface area contributed by atoms with Crippen molar-refractivity contribution in [2.24, 2.45) is 4.99 Å². The van der Waals surface area contributed by atoms with Gasteiger partial charge in [-0.05, 0) is 17.7 Å². The summed E-state index contributed by atoms with van der Waals surface area (Å²) in [5.41, 5.74) is 1.40. The topological polar surface area (TPSA) is 92.2 Å². The number of aliphatic imine (C=N–C) groups is 1. The van der Waals surface area contributed by atoms with E-state index in [4.69, 9.17) is 9.47 Å². The molecule has 1 N–H and O–H groups in total. The zero-order valence-corrected chi connectivity index (χ0v) is 21.4. The third kappa shape index (κ3) is 6.19. The van der Waals surface area contributed by atoms with Crippen molar-refractivity contribution in [2.45, 2.75) is 19.9 Å². The number of guanidine groups is 1. The third-order valence-electron chi connectivity index (χ3n) is 4.96. The predicted molar refractivity (Wildman–Crippen MR) is 133 cm³/mol. The molecule has 1 aliphatic heterocycles. The van der Waals surface area contributed by atoms with Crippen LogP contribution < -0.4 is 15.0 Å². The number of nitrogens with zero attached hydrogens (tertiary/aromatic N) is 5. The molecule has 0 bridgehead atoms. The Labute approximate surface area is 204 Å². The van der Waals surface area contributed by atoms with Crippen LogP contribution in [0.1, 0.15) is 28.7 Å². The van der Waals surface area contributed by atoms with Gasteiger partial charge >= 0.3 is 5.97 Å². The SMILES string of the molecule is CCc1nsc(N2CCN(C(=NC)NCc3ccc(C(=O)OC)c(OC)c3)CC2)n1.I. The van der Waals surface area contributed by atoms with Crippen LogP contribution in [-0.2, 0) is 17.7 Å². The van der Waals surface area contributed by atoms with E-state index in [2.05, 4.69) is 36.4 Å². The molecule has 1 aliphatic rings. The largest absolute Gasteiger partial charge is 0.496 e. The average molecular weight is 560 g/mol. The number of carbonyl (C=O) groups excluding carboxylic acids is 1. The fraction of sp³-hybridized carbons (Fsp3) is 0.500. The van der Waals surface area contributed by atoms with E-state index in [-0.39, 0.29) is 24.0 Å². The van der Waals surface area contributed by atoms with Gasteiger partial charge in [0.05, 0.1) is 14.2 Å². The van der Waals surface area contributed by atoms with Gasteiger partial charge in [-0.15, -0.1) is 24.0 Å². The van der Waals surface area contributed by atoms with Crippen LogP contribution in [0, 0.1) is 0 Å². The van der Waals surface area contributed by atoms with Crippen LogP contribution in [0.5, 0.6) is 5.75 Å². The van der Waals surface area contributed by atoms with Crippen molar-refractivity contribution in [2.75, 3.05) is 52.3 Å². The number of aryl methyl sites for hydroxylation is 1. The van der Waals surface area contributed by atoms with Gasteiger partial charge in [-0.3, -0.25) is 4.99 Å². The molecule has 0 saturated carbocycles. The van der Waals surface area contributed by atoms with Crippen LogP contribution in [0.3, 0.4) is 0 Å². The first-order valence-corrected chi connectivity index (χ1v) is 10.6. The molecule has 0 spiro atoms. The van der Waals surface area contributed by atoms with E-state index in [1.807, 2.05) is 12.1 Å². The summed E-state index contributed by atoms with van der Waals surface area (Å²) >= 11 is 1.47. The molecule has 9 nitrogen and oxygen atoms in total. The molecule has 1 fully saturated rings. The summed E-state index contributed by atoms with van der Waals surface area (Å²) in [7, 11) is 4.68. The number of benzene rings is 1.